The Morgan fingerprint density at radius 1 is 1.26 bits per heavy atom. The van der Waals surface area contributed by atoms with Crippen molar-refractivity contribution in [3.05, 3.63) is 28.5 Å². The third kappa shape index (κ3) is 2.79. The fraction of sp³-hybridized carbons (Fsp3) is 0.600. The van der Waals surface area contributed by atoms with Gasteiger partial charge in [0.05, 0.1) is 4.47 Å². The maximum Gasteiger partial charge on any atom is 0.136 e. The smallest absolute Gasteiger partial charge is 0.136 e. The summed E-state index contributed by atoms with van der Waals surface area (Å²) < 4.78 is 20.2. The Morgan fingerprint density at radius 2 is 1.95 bits per heavy atom. The highest BCUT2D eigenvalue weighted by atomic mass is 79.9. The van der Waals surface area contributed by atoms with Crippen molar-refractivity contribution in [3.8, 4) is 5.75 Å². The standard InChI is InChI=1S/C15H19BrFNO/c1-18-11-3-2-4-12(18)9-13(8-11)19-15-7-10(17)5-6-14(15)16/h5-7,11-13H,2-4,8-9H2,1H3/t11-,12+,13+. The second-order valence-corrected chi connectivity index (χ2v) is 6.54. The molecule has 0 amide bonds. The van der Waals surface area contributed by atoms with Gasteiger partial charge in [0, 0.05) is 18.2 Å². The third-order valence-corrected chi connectivity index (χ3v) is 5.14. The number of hydrogen-bond donors (Lipinski definition) is 0. The Labute approximate surface area is 122 Å². The summed E-state index contributed by atoms with van der Waals surface area (Å²) in [6.45, 7) is 0. The summed E-state index contributed by atoms with van der Waals surface area (Å²) in [5, 5.41) is 0. The van der Waals surface area contributed by atoms with Gasteiger partial charge in [0.2, 0.25) is 0 Å². The molecular formula is C15H19BrFNO. The SMILES string of the molecule is CN1[C@@H]2CCC[C@H]1C[C@@H](Oc1cc(F)ccc1Br)C2. The first-order valence-electron chi connectivity index (χ1n) is 6.97. The molecule has 0 unspecified atom stereocenters. The first-order chi connectivity index (χ1) is 9.13. The molecule has 3 atom stereocenters. The molecule has 2 heterocycles. The number of nitrogens with zero attached hydrogens (tertiary/aromatic N) is 1. The van der Waals surface area contributed by atoms with Crippen LogP contribution >= 0.6 is 15.9 Å². The van der Waals surface area contributed by atoms with Crippen LogP contribution in [0, 0.1) is 5.82 Å². The van der Waals surface area contributed by atoms with Gasteiger partial charge < -0.3 is 9.64 Å². The quantitative estimate of drug-likeness (QED) is 0.814. The van der Waals surface area contributed by atoms with Crippen LogP contribution in [-0.4, -0.2) is 30.1 Å². The van der Waals surface area contributed by atoms with E-state index in [0.29, 0.717) is 17.8 Å². The zero-order valence-corrected chi connectivity index (χ0v) is 12.7. The maximum atomic E-state index is 13.3. The molecule has 2 nitrogen and oxygen atoms in total. The number of halogens is 2. The summed E-state index contributed by atoms with van der Waals surface area (Å²) >= 11 is 3.43. The normalized spacial score (nSPS) is 31.2. The highest BCUT2D eigenvalue weighted by molar-refractivity contribution is 9.10. The van der Waals surface area contributed by atoms with Crippen molar-refractivity contribution < 1.29 is 9.13 Å². The largest absolute Gasteiger partial charge is 0.489 e. The van der Waals surface area contributed by atoms with Crippen LogP contribution in [0.1, 0.15) is 32.1 Å². The molecule has 3 rings (SSSR count). The molecule has 0 aromatic heterocycles. The number of piperidine rings is 2. The van der Waals surface area contributed by atoms with Crippen molar-refractivity contribution in [2.45, 2.75) is 50.3 Å². The lowest BCUT2D eigenvalue weighted by Gasteiger charge is -2.46. The number of rotatable bonds is 2. The second-order valence-electron chi connectivity index (χ2n) is 5.69. The van der Waals surface area contributed by atoms with Gasteiger partial charge in [-0.25, -0.2) is 4.39 Å². The fourth-order valence-electron chi connectivity index (χ4n) is 3.41. The van der Waals surface area contributed by atoms with Gasteiger partial charge in [-0.2, -0.15) is 0 Å². The Kier molecular flexibility index (Phi) is 3.81. The predicted octanol–water partition coefficient (Wildman–Crippen LogP) is 3.98. The van der Waals surface area contributed by atoms with E-state index in [1.54, 1.807) is 6.07 Å². The molecule has 104 valence electrons. The lowest BCUT2D eigenvalue weighted by atomic mass is 9.83. The topological polar surface area (TPSA) is 12.5 Å². The minimum absolute atomic E-state index is 0.213. The molecule has 1 aromatic carbocycles. The lowest BCUT2D eigenvalue weighted by Crippen LogP contribution is -2.52. The van der Waals surface area contributed by atoms with E-state index in [0.717, 1.165) is 17.3 Å². The lowest BCUT2D eigenvalue weighted by molar-refractivity contribution is -0.000209. The molecule has 2 aliphatic rings. The van der Waals surface area contributed by atoms with Gasteiger partial charge in [-0.05, 0) is 60.8 Å². The van der Waals surface area contributed by atoms with Crippen molar-refractivity contribution in [3.63, 3.8) is 0 Å². The van der Waals surface area contributed by atoms with Crippen LogP contribution in [0.2, 0.25) is 0 Å². The van der Waals surface area contributed by atoms with Crippen molar-refractivity contribution in [2.24, 2.45) is 0 Å². The van der Waals surface area contributed by atoms with Crippen LogP contribution < -0.4 is 4.74 Å². The number of fused-ring (bicyclic) bond motifs is 2. The summed E-state index contributed by atoms with van der Waals surface area (Å²) in [6, 6.07) is 5.88. The zero-order chi connectivity index (χ0) is 13.4. The molecule has 19 heavy (non-hydrogen) atoms. The highest BCUT2D eigenvalue weighted by Gasteiger charge is 2.37. The summed E-state index contributed by atoms with van der Waals surface area (Å²) in [6.07, 6.45) is 6.17. The molecular weight excluding hydrogens is 309 g/mol. The van der Waals surface area contributed by atoms with E-state index in [1.165, 1.54) is 31.4 Å². The zero-order valence-electron chi connectivity index (χ0n) is 11.1. The van der Waals surface area contributed by atoms with Gasteiger partial charge in [0.1, 0.15) is 17.7 Å². The summed E-state index contributed by atoms with van der Waals surface area (Å²) in [5.41, 5.74) is 0. The van der Waals surface area contributed by atoms with Crippen LogP contribution in [0.4, 0.5) is 4.39 Å². The Balaban J connectivity index is 1.72. The average molecular weight is 328 g/mol. The van der Waals surface area contributed by atoms with Gasteiger partial charge in [0.15, 0.2) is 0 Å². The summed E-state index contributed by atoms with van der Waals surface area (Å²) in [5.74, 6) is 0.388. The summed E-state index contributed by atoms with van der Waals surface area (Å²) in [7, 11) is 2.23. The molecule has 0 spiro atoms. The Hall–Kier alpha value is -0.610. The van der Waals surface area contributed by atoms with Gasteiger partial charge in [-0.15, -0.1) is 0 Å². The van der Waals surface area contributed by atoms with E-state index in [4.69, 9.17) is 4.74 Å². The van der Waals surface area contributed by atoms with Gasteiger partial charge in [0.25, 0.3) is 0 Å². The molecule has 0 N–H and O–H groups in total. The molecule has 0 saturated carbocycles. The van der Waals surface area contributed by atoms with Gasteiger partial charge in [-0.1, -0.05) is 6.42 Å². The molecule has 2 fully saturated rings. The van der Waals surface area contributed by atoms with Crippen LogP contribution in [-0.2, 0) is 0 Å². The minimum atomic E-state index is -0.244. The van der Waals surface area contributed by atoms with E-state index < -0.39 is 0 Å². The first-order valence-corrected chi connectivity index (χ1v) is 7.76. The minimum Gasteiger partial charge on any atom is -0.489 e. The average Bonchev–Trinajstić information content (AvgIpc) is 2.35. The molecule has 0 radical (unpaired) electrons. The summed E-state index contributed by atoms with van der Waals surface area (Å²) in [4.78, 5) is 2.50. The molecule has 2 bridgehead atoms. The maximum absolute atomic E-state index is 13.3. The fourth-order valence-corrected chi connectivity index (χ4v) is 3.75. The van der Waals surface area contributed by atoms with Crippen molar-refractivity contribution in [1.82, 2.24) is 4.90 Å². The molecule has 4 heteroatoms. The monoisotopic (exact) mass is 327 g/mol. The Morgan fingerprint density at radius 3 is 2.63 bits per heavy atom. The number of benzene rings is 1. The van der Waals surface area contributed by atoms with E-state index >= 15 is 0 Å². The molecule has 2 saturated heterocycles. The van der Waals surface area contributed by atoms with E-state index in [-0.39, 0.29) is 11.9 Å². The van der Waals surface area contributed by atoms with Crippen LogP contribution in [0.25, 0.3) is 0 Å². The van der Waals surface area contributed by atoms with Crippen molar-refractivity contribution in [2.75, 3.05) is 7.05 Å². The molecule has 0 aliphatic carbocycles. The number of hydrogen-bond acceptors (Lipinski definition) is 2. The Bertz CT molecular complexity index is 453. The van der Waals surface area contributed by atoms with Crippen LogP contribution in [0.5, 0.6) is 5.75 Å². The van der Waals surface area contributed by atoms with E-state index in [2.05, 4.69) is 27.9 Å². The highest BCUT2D eigenvalue weighted by Crippen LogP contribution is 2.36. The van der Waals surface area contributed by atoms with Gasteiger partial charge >= 0.3 is 0 Å². The first kappa shape index (κ1) is 13.4. The third-order valence-electron chi connectivity index (χ3n) is 4.48. The molecule has 2 aliphatic heterocycles. The van der Waals surface area contributed by atoms with Crippen molar-refractivity contribution in [1.29, 1.82) is 0 Å². The molecule has 1 aromatic rings. The second kappa shape index (κ2) is 5.41. The predicted molar refractivity (Wildman–Crippen MR) is 76.9 cm³/mol. The van der Waals surface area contributed by atoms with Crippen molar-refractivity contribution >= 4 is 15.9 Å². The number of ether oxygens (including phenoxy) is 1. The van der Waals surface area contributed by atoms with E-state index in [1.807, 2.05) is 0 Å². The van der Waals surface area contributed by atoms with Crippen LogP contribution in [0.15, 0.2) is 22.7 Å². The van der Waals surface area contributed by atoms with Crippen LogP contribution in [0.3, 0.4) is 0 Å². The van der Waals surface area contributed by atoms with Gasteiger partial charge in [-0.3, -0.25) is 0 Å². The van der Waals surface area contributed by atoms with E-state index in [9.17, 15) is 4.39 Å².